The van der Waals surface area contributed by atoms with Gasteiger partial charge in [-0.1, -0.05) is 0 Å². The van der Waals surface area contributed by atoms with E-state index in [0.717, 1.165) is 42.0 Å². The second-order valence-corrected chi connectivity index (χ2v) is 7.99. The molecule has 1 saturated heterocycles. The number of piperidine rings is 1. The van der Waals surface area contributed by atoms with E-state index in [4.69, 9.17) is 0 Å². The Hall–Kier alpha value is -2.74. The van der Waals surface area contributed by atoms with Gasteiger partial charge in [-0.25, -0.2) is 15.0 Å². The summed E-state index contributed by atoms with van der Waals surface area (Å²) in [6.07, 6.45) is 4.62. The maximum Gasteiger partial charge on any atom is 0.228 e. The van der Waals surface area contributed by atoms with E-state index in [-0.39, 0.29) is 23.4 Å². The molecule has 0 bridgehead atoms. The minimum Gasteiger partial charge on any atom is -0.504 e. The fraction of sp³-hybridized carbons (Fsp3) is 0.368. The largest absolute Gasteiger partial charge is 0.504 e. The first-order chi connectivity index (χ1) is 13.0. The summed E-state index contributed by atoms with van der Waals surface area (Å²) < 4.78 is 0. The fourth-order valence-corrected chi connectivity index (χ4v) is 4.46. The maximum atomic E-state index is 12.5. The van der Waals surface area contributed by atoms with Crippen molar-refractivity contribution in [1.82, 2.24) is 15.0 Å². The number of carbonyl (C=O) groups excluding carboxylic acids is 1. The minimum atomic E-state index is -0.106. The smallest absolute Gasteiger partial charge is 0.228 e. The first-order valence-corrected chi connectivity index (χ1v) is 9.76. The molecule has 0 radical (unpaired) electrons. The number of aromatic nitrogens is 3. The van der Waals surface area contributed by atoms with Crippen molar-refractivity contribution in [2.24, 2.45) is 5.92 Å². The molecule has 3 aromatic heterocycles. The van der Waals surface area contributed by atoms with Crippen LogP contribution in [0.3, 0.4) is 0 Å². The normalized spacial score (nSPS) is 15.3. The van der Waals surface area contributed by atoms with Gasteiger partial charge in [0.15, 0.2) is 11.6 Å². The predicted octanol–water partition coefficient (Wildman–Crippen LogP) is 3.26. The summed E-state index contributed by atoms with van der Waals surface area (Å²) in [5.41, 5.74) is 1.23. The molecule has 0 atom stereocenters. The molecule has 4 rings (SSSR count). The molecular weight excluding hydrogens is 362 g/mol. The Kier molecular flexibility index (Phi) is 4.65. The van der Waals surface area contributed by atoms with Crippen molar-refractivity contribution in [3.05, 3.63) is 35.1 Å². The Morgan fingerprint density at radius 3 is 2.78 bits per heavy atom. The Labute approximate surface area is 161 Å². The quantitative estimate of drug-likeness (QED) is 0.721. The number of nitrogens with zero attached hydrogens (tertiary/aromatic N) is 4. The van der Waals surface area contributed by atoms with Gasteiger partial charge in [-0.2, -0.15) is 0 Å². The van der Waals surface area contributed by atoms with Gasteiger partial charge in [0.2, 0.25) is 5.91 Å². The van der Waals surface area contributed by atoms with Gasteiger partial charge in [-0.3, -0.25) is 4.79 Å². The van der Waals surface area contributed by atoms with Crippen LogP contribution in [0.4, 0.5) is 11.6 Å². The second-order valence-electron chi connectivity index (χ2n) is 6.78. The minimum absolute atomic E-state index is 0.0185. The Bertz CT molecular complexity index is 995. The molecule has 7 nitrogen and oxygen atoms in total. The van der Waals surface area contributed by atoms with E-state index in [1.807, 2.05) is 0 Å². The number of anilines is 2. The number of nitrogens with one attached hydrogen (secondary N) is 1. The lowest BCUT2D eigenvalue weighted by molar-refractivity contribution is -0.120. The average molecular weight is 383 g/mol. The van der Waals surface area contributed by atoms with Crippen molar-refractivity contribution in [3.8, 4) is 5.75 Å². The maximum absolute atomic E-state index is 12.5. The Balaban J connectivity index is 1.47. The van der Waals surface area contributed by atoms with Gasteiger partial charge in [0.1, 0.15) is 17.0 Å². The van der Waals surface area contributed by atoms with Crippen molar-refractivity contribution in [2.45, 2.75) is 26.7 Å². The monoisotopic (exact) mass is 383 g/mol. The van der Waals surface area contributed by atoms with Crippen molar-refractivity contribution in [1.29, 1.82) is 0 Å². The van der Waals surface area contributed by atoms with Crippen LogP contribution in [0.2, 0.25) is 0 Å². The molecule has 1 amide bonds. The number of aryl methyl sites for hydroxylation is 2. The van der Waals surface area contributed by atoms with Crippen molar-refractivity contribution >= 4 is 39.1 Å². The Morgan fingerprint density at radius 1 is 1.26 bits per heavy atom. The molecule has 1 aliphatic heterocycles. The third kappa shape index (κ3) is 3.32. The van der Waals surface area contributed by atoms with Crippen LogP contribution in [-0.4, -0.2) is 39.1 Å². The molecular formula is C19H21N5O2S. The van der Waals surface area contributed by atoms with Crippen molar-refractivity contribution < 1.29 is 9.90 Å². The van der Waals surface area contributed by atoms with Crippen LogP contribution in [0, 0.1) is 19.8 Å². The zero-order valence-electron chi connectivity index (χ0n) is 15.3. The molecule has 0 saturated carbocycles. The lowest BCUT2D eigenvalue weighted by atomic mass is 9.95. The summed E-state index contributed by atoms with van der Waals surface area (Å²) in [5, 5.41) is 13.6. The Morgan fingerprint density at radius 2 is 2.04 bits per heavy atom. The summed E-state index contributed by atoms with van der Waals surface area (Å²) in [7, 11) is 0. The van der Waals surface area contributed by atoms with E-state index in [1.165, 1.54) is 16.5 Å². The van der Waals surface area contributed by atoms with Crippen LogP contribution in [0.1, 0.15) is 23.3 Å². The van der Waals surface area contributed by atoms with Gasteiger partial charge in [0, 0.05) is 30.1 Å². The molecule has 27 heavy (non-hydrogen) atoms. The van der Waals surface area contributed by atoms with Crippen LogP contribution < -0.4 is 10.2 Å². The molecule has 3 aromatic rings. The highest BCUT2D eigenvalue weighted by atomic mass is 32.1. The first-order valence-electron chi connectivity index (χ1n) is 8.95. The van der Waals surface area contributed by atoms with E-state index in [2.05, 4.69) is 39.0 Å². The third-order valence-corrected chi connectivity index (χ3v) is 6.25. The van der Waals surface area contributed by atoms with Crippen LogP contribution in [0.15, 0.2) is 24.7 Å². The number of aromatic hydroxyl groups is 1. The number of amides is 1. The van der Waals surface area contributed by atoms with E-state index in [0.29, 0.717) is 0 Å². The molecule has 1 fully saturated rings. The zero-order valence-corrected chi connectivity index (χ0v) is 16.1. The highest BCUT2D eigenvalue weighted by molar-refractivity contribution is 7.18. The predicted molar refractivity (Wildman–Crippen MR) is 106 cm³/mol. The van der Waals surface area contributed by atoms with E-state index in [9.17, 15) is 9.90 Å². The number of fused-ring (bicyclic) bond motifs is 1. The first kappa shape index (κ1) is 17.7. The van der Waals surface area contributed by atoms with Crippen LogP contribution in [-0.2, 0) is 4.79 Å². The van der Waals surface area contributed by atoms with Gasteiger partial charge in [-0.05, 0) is 44.4 Å². The summed E-state index contributed by atoms with van der Waals surface area (Å²) in [6, 6.07) is 3.14. The SMILES string of the molecule is Cc1sc2ncnc(N3CCC(C(=O)Nc4ncccc4O)CC3)c2c1C. The van der Waals surface area contributed by atoms with E-state index < -0.39 is 0 Å². The molecule has 2 N–H and O–H groups in total. The number of pyridine rings is 1. The number of carbonyl (C=O) groups is 1. The van der Waals surface area contributed by atoms with Crippen LogP contribution >= 0.6 is 11.3 Å². The molecule has 1 aliphatic rings. The topological polar surface area (TPSA) is 91.2 Å². The molecule has 0 aromatic carbocycles. The number of rotatable bonds is 3. The van der Waals surface area contributed by atoms with Gasteiger partial charge >= 0.3 is 0 Å². The van der Waals surface area contributed by atoms with Crippen LogP contribution in [0.5, 0.6) is 5.75 Å². The van der Waals surface area contributed by atoms with Gasteiger partial charge in [0.05, 0.1) is 5.39 Å². The highest BCUT2D eigenvalue weighted by Crippen LogP contribution is 2.35. The lowest BCUT2D eigenvalue weighted by Gasteiger charge is -2.32. The van der Waals surface area contributed by atoms with Gasteiger partial charge < -0.3 is 15.3 Å². The second kappa shape index (κ2) is 7.11. The molecule has 8 heteroatoms. The van der Waals surface area contributed by atoms with Crippen LogP contribution in [0.25, 0.3) is 10.2 Å². The number of hydrogen-bond acceptors (Lipinski definition) is 7. The third-order valence-electron chi connectivity index (χ3n) is 5.14. The number of hydrogen-bond donors (Lipinski definition) is 2. The fourth-order valence-electron chi connectivity index (χ4n) is 3.47. The number of thiophene rings is 1. The summed E-state index contributed by atoms with van der Waals surface area (Å²) >= 11 is 1.69. The standard InChI is InChI=1S/C19H21N5O2S/c1-11-12(2)27-19-15(11)17(21-10-22-19)24-8-5-13(6-9-24)18(26)23-16-14(25)4-3-7-20-16/h3-4,7,10,13,25H,5-6,8-9H2,1-2H3,(H,20,23,26). The van der Waals surface area contributed by atoms with E-state index >= 15 is 0 Å². The lowest BCUT2D eigenvalue weighted by Crippen LogP contribution is -2.38. The highest BCUT2D eigenvalue weighted by Gasteiger charge is 2.28. The average Bonchev–Trinajstić information content (AvgIpc) is 2.98. The molecule has 0 aliphatic carbocycles. The van der Waals surface area contributed by atoms with Crippen molar-refractivity contribution in [2.75, 3.05) is 23.3 Å². The van der Waals surface area contributed by atoms with E-state index in [1.54, 1.807) is 29.9 Å². The molecule has 4 heterocycles. The summed E-state index contributed by atoms with van der Waals surface area (Å²) in [5.74, 6) is 0.953. The molecule has 140 valence electrons. The van der Waals surface area contributed by atoms with Crippen molar-refractivity contribution in [3.63, 3.8) is 0 Å². The van der Waals surface area contributed by atoms with Gasteiger partial charge in [0.25, 0.3) is 0 Å². The zero-order chi connectivity index (χ0) is 19.0. The molecule has 0 unspecified atom stereocenters. The van der Waals surface area contributed by atoms with Gasteiger partial charge in [-0.15, -0.1) is 11.3 Å². The summed E-state index contributed by atoms with van der Waals surface area (Å²) in [4.78, 5) is 30.0. The summed E-state index contributed by atoms with van der Waals surface area (Å²) in [6.45, 7) is 5.73. The molecule has 0 spiro atoms.